The Morgan fingerprint density at radius 2 is 1.64 bits per heavy atom. The molecule has 0 atom stereocenters. The zero-order valence-electron chi connectivity index (χ0n) is 23.2. The molecular formula is C30H38N4O5. The Bertz CT molecular complexity index is 1260. The van der Waals surface area contributed by atoms with Crippen molar-refractivity contribution in [3.63, 3.8) is 0 Å². The first-order chi connectivity index (χ1) is 19.0. The highest BCUT2D eigenvalue weighted by atomic mass is 16.7. The summed E-state index contributed by atoms with van der Waals surface area (Å²) in [6.07, 6.45) is 4.74. The minimum Gasteiger partial charge on any atom is -0.496 e. The Kier molecular flexibility index (Phi) is 9.59. The summed E-state index contributed by atoms with van der Waals surface area (Å²) < 4.78 is 11.3. The molecule has 1 aliphatic carbocycles. The molecule has 0 radical (unpaired) electrons. The van der Waals surface area contributed by atoms with Gasteiger partial charge in [0.05, 0.1) is 25.5 Å². The van der Waals surface area contributed by atoms with Crippen molar-refractivity contribution in [3.05, 3.63) is 53.7 Å². The number of amides is 1. The second kappa shape index (κ2) is 13.3. The number of methoxy groups -OCH3 is 2. The molecule has 1 heterocycles. The Morgan fingerprint density at radius 3 is 2.28 bits per heavy atom. The molecule has 1 aromatic heterocycles. The van der Waals surface area contributed by atoms with Crippen LogP contribution in [0.3, 0.4) is 0 Å². The fourth-order valence-corrected chi connectivity index (χ4v) is 5.35. The van der Waals surface area contributed by atoms with E-state index in [1.165, 1.54) is 12.8 Å². The highest BCUT2D eigenvalue weighted by Gasteiger charge is 2.30. The zero-order valence-corrected chi connectivity index (χ0v) is 23.2. The quantitative estimate of drug-likeness (QED) is 0.320. The molecule has 0 unspecified atom stereocenters. The number of rotatable bonds is 11. The number of aromatic nitrogens is 2. The molecule has 3 aromatic rings. The lowest BCUT2D eigenvalue weighted by atomic mass is 9.87. The Labute approximate surface area is 229 Å². The minimum absolute atomic E-state index is 0.0763. The normalized spacial score (nSPS) is 13.5. The fourth-order valence-electron chi connectivity index (χ4n) is 5.35. The predicted octanol–water partition coefficient (Wildman–Crippen LogP) is 5.34. The number of ether oxygens (including phenoxy) is 2. The first-order valence-corrected chi connectivity index (χ1v) is 13.6. The summed E-state index contributed by atoms with van der Waals surface area (Å²) in [4.78, 5) is 33.2. The number of H-pyrrole nitrogens is 1. The summed E-state index contributed by atoms with van der Waals surface area (Å²) in [6, 6.07) is 13.6. The molecule has 9 nitrogen and oxygen atoms in total. The first kappa shape index (κ1) is 28.2. The molecule has 208 valence electrons. The van der Waals surface area contributed by atoms with E-state index in [1.807, 2.05) is 50.2 Å². The van der Waals surface area contributed by atoms with Gasteiger partial charge in [0.15, 0.2) is 5.69 Å². The third kappa shape index (κ3) is 6.25. The largest absolute Gasteiger partial charge is 0.496 e. The smallest absolute Gasteiger partial charge is 0.383 e. The van der Waals surface area contributed by atoms with E-state index in [-0.39, 0.29) is 18.0 Å². The van der Waals surface area contributed by atoms with E-state index in [4.69, 9.17) is 14.3 Å². The number of hydrogen-bond acceptors (Lipinski definition) is 7. The summed E-state index contributed by atoms with van der Waals surface area (Å²) in [5.74, 6) is 0.403. The van der Waals surface area contributed by atoms with Crippen molar-refractivity contribution in [2.45, 2.75) is 51.9 Å². The second-order valence-corrected chi connectivity index (χ2v) is 9.62. The summed E-state index contributed by atoms with van der Waals surface area (Å²) in [5.41, 5.74) is 6.24. The summed E-state index contributed by atoms with van der Waals surface area (Å²) in [6.45, 7) is 6.35. The average molecular weight is 535 g/mol. The minimum atomic E-state index is -0.751. The molecule has 2 N–H and O–H groups in total. The van der Waals surface area contributed by atoms with Crippen LogP contribution in [0.2, 0.25) is 0 Å². The van der Waals surface area contributed by atoms with Crippen molar-refractivity contribution in [3.8, 4) is 33.9 Å². The number of hydrogen-bond donors (Lipinski definition) is 2. The molecule has 39 heavy (non-hydrogen) atoms. The van der Waals surface area contributed by atoms with E-state index >= 15 is 0 Å². The molecule has 0 saturated heterocycles. The number of benzene rings is 2. The van der Waals surface area contributed by atoms with Crippen molar-refractivity contribution in [2.24, 2.45) is 0 Å². The number of carbonyl (C=O) groups excluding carboxylic acids is 2. The molecular weight excluding hydrogens is 496 g/mol. The Hall–Kier alpha value is -3.85. The van der Waals surface area contributed by atoms with Gasteiger partial charge in [0, 0.05) is 18.5 Å². The summed E-state index contributed by atoms with van der Waals surface area (Å²) in [7, 11) is 3.17. The second-order valence-electron chi connectivity index (χ2n) is 9.62. The molecule has 1 aliphatic rings. The van der Waals surface area contributed by atoms with Gasteiger partial charge in [-0.2, -0.15) is 10.6 Å². The fraction of sp³-hybridized carbons (Fsp3) is 0.433. The monoisotopic (exact) mass is 534 g/mol. The van der Waals surface area contributed by atoms with Gasteiger partial charge in [-0.1, -0.05) is 57.0 Å². The van der Waals surface area contributed by atoms with E-state index in [1.54, 1.807) is 14.2 Å². The number of aromatic amines is 1. The van der Waals surface area contributed by atoms with Crippen molar-refractivity contribution in [2.75, 3.05) is 33.9 Å². The molecule has 1 fully saturated rings. The lowest BCUT2D eigenvalue weighted by molar-refractivity contribution is -0.130. The molecule has 1 saturated carbocycles. The first-order valence-electron chi connectivity index (χ1n) is 13.6. The molecule has 0 aliphatic heterocycles. The molecule has 0 spiro atoms. The van der Waals surface area contributed by atoms with E-state index in [2.05, 4.69) is 26.6 Å². The Morgan fingerprint density at radius 1 is 0.974 bits per heavy atom. The molecule has 0 bridgehead atoms. The van der Waals surface area contributed by atoms with E-state index < -0.39 is 5.97 Å². The maximum absolute atomic E-state index is 13.4. The maximum Gasteiger partial charge on any atom is 0.383 e. The van der Waals surface area contributed by atoms with Crippen LogP contribution in [0, 0.1) is 0 Å². The summed E-state index contributed by atoms with van der Waals surface area (Å²) >= 11 is 0. The predicted molar refractivity (Wildman–Crippen MR) is 150 cm³/mol. The van der Waals surface area contributed by atoms with Gasteiger partial charge in [0.25, 0.3) is 5.91 Å². The molecule has 4 rings (SSSR count). The number of carbonyl (C=O) groups is 2. The van der Waals surface area contributed by atoms with Crippen LogP contribution >= 0.6 is 0 Å². The van der Waals surface area contributed by atoms with Crippen LogP contribution in [0.15, 0.2) is 42.5 Å². The number of nitrogens with one attached hydrogen (secondary N) is 2. The zero-order chi connectivity index (χ0) is 27.8. The maximum atomic E-state index is 13.4. The van der Waals surface area contributed by atoms with E-state index in [9.17, 15) is 9.59 Å². The van der Waals surface area contributed by atoms with E-state index in [0.29, 0.717) is 40.8 Å². The average Bonchev–Trinajstić information content (AvgIpc) is 3.66. The van der Waals surface area contributed by atoms with Gasteiger partial charge < -0.3 is 19.2 Å². The number of hydroxylamine groups is 1. The van der Waals surface area contributed by atoms with Gasteiger partial charge in [-0.15, -0.1) is 0 Å². The lowest BCUT2D eigenvalue weighted by Gasteiger charge is -2.18. The van der Waals surface area contributed by atoms with Crippen LogP contribution in [0.4, 0.5) is 0 Å². The van der Waals surface area contributed by atoms with Crippen LogP contribution in [0.25, 0.3) is 22.4 Å². The van der Waals surface area contributed by atoms with Crippen molar-refractivity contribution in [1.82, 2.24) is 20.6 Å². The Balaban J connectivity index is 1.74. The highest BCUT2D eigenvalue weighted by molar-refractivity contribution is 6.02. The van der Waals surface area contributed by atoms with Crippen LogP contribution in [0.5, 0.6) is 11.5 Å². The standard InChI is InChI=1S/C30H38N4O5/c1-5-34(6-2)19-18-25(35)33-39-30(36)29-26(22-15-10-9-14-21(22)20-12-7-8-13-20)28(31-32-29)27-23(37-3)16-11-17-24(27)38-4/h9-11,14-17,20H,5-8,12-13,18-19H2,1-4H3,(H,31,32)(H,33,35). The third-order valence-corrected chi connectivity index (χ3v) is 7.47. The summed E-state index contributed by atoms with van der Waals surface area (Å²) in [5, 5.41) is 7.45. The lowest BCUT2D eigenvalue weighted by Crippen LogP contribution is -2.32. The molecule has 9 heteroatoms. The third-order valence-electron chi connectivity index (χ3n) is 7.47. The van der Waals surface area contributed by atoms with Crippen molar-refractivity contribution < 1.29 is 23.9 Å². The molecule has 1 amide bonds. The van der Waals surface area contributed by atoms with Gasteiger partial charge in [-0.05, 0) is 55.1 Å². The van der Waals surface area contributed by atoms with Crippen LogP contribution in [-0.4, -0.2) is 60.8 Å². The van der Waals surface area contributed by atoms with Crippen LogP contribution < -0.4 is 15.0 Å². The molecule has 2 aromatic carbocycles. The highest BCUT2D eigenvalue weighted by Crippen LogP contribution is 2.46. The van der Waals surface area contributed by atoms with Gasteiger partial charge in [0.2, 0.25) is 0 Å². The SMILES string of the molecule is CCN(CC)CCC(=O)NOC(=O)c1n[nH]c(-c2c(OC)cccc2OC)c1-c1ccccc1C1CCCC1. The number of nitrogens with zero attached hydrogens (tertiary/aromatic N) is 2. The van der Waals surface area contributed by atoms with Crippen molar-refractivity contribution >= 4 is 11.9 Å². The van der Waals surface area contributed by atoms with E-state index in [0.717, 1.165) is 37.1 Å². The van der Waals surface area contributed by atoms with Gasteiger partial charge in [-0.3, -0.25) is 9.89 Å². The van der Waals surface area contributed by atoms with Gasteiger partial charge >= 0.3 is 5.97 Å². The van der Waals surface area contributed by atoms with Crippen LogP contribution in [-0.2, 0) is 9.63 Å². The van der Waals surface area contributed by atoms with Crippen LogP contribution in [0.1, 0.15) is 67.9 Å². The van der Waals surface area contributed by atoms with Crippen molar-refractivity contribution in [1.29, 1.82) is 0 Å². The van der Waals surface area contributed by atoms with Gasteiger partial charge in [-0.25, -0.2) is 4.79 Å². The topological polar surface area (TPSA) is 106 Å². The van der Waals surface area contributed by atoms with Gasteiger partial charge in [0.1, 0.15) is 11.5 Å².